The Labute approximate surface area is 198 Å². The van der Waals surface area contributed by atoms with Crippen molar-refractivity contribution in [2.75, 3.05) is 38.6 Å². The number of piperazine rings is 1. The molecule has 0 saturated carbocycles. The molecular weight excluding hydrogens is 440 g/mol. The lowest BCUT2D eigenvalue weighted by molar-refractivity contribution is 0.185. The van der Waals surface area contributed by atoms with Crippen molar-refractivity contribution in [2.24, 2.45) is 0 Å². The molecule has 172 valence electrons. The van der Waals surface area contributed by atoms with Crippen molar-refractivity contribution in [3.63, 3.8) is 0 Å². The molecule has 1 fully saturated rings. The molecule has 0 radical (unpaired) electrons. The number of rotatable bonds is 6. The summed E-state index contributed by atoms with van der Waals surface area (Å²) < 4.78 is 5.39. The average Bonchev–Trinajstić information content (AvgIpc) is 3.25. The number of imidazole rings is 1. The normalized spacial score (nSPS) is 15.1. The lowest BCUT2D eigenvalue weighted by atomic mass is 10.1. The second-order valence-corrected chi connectivity index (χ2v) is 7.82. The van der Waals surface area contributed by atoms with Crippen molar-refractivity contribution in [1.29, 1.82) is 0 Å². The minimum atomic E-state index is 0. The van der Waals surface area contributed by atoms with E-state index in [0.29, 0.717) is 17.7 Å². The third-order valence-corrected chi connectivity index (χ3v) is 5.87. The molecule has 1 atom stereocenters. The molecule has 1 saturated heterocycles. The number of halogens is 1. The van der Waals surface area contributed by atoms with Crippen LogP contribution in [0.1, 0.15) is 18.5 Å². The summed E-state index contributed by atoms with van der Waals surface area (Å²) in [7, 11) is 1.61. The van der Waals surface area contributed by atoms with Gasteiger partial charge in [-0.1, -0.05) is 6.07 Å². The number of aromatic amines is 1. The molecule has 4 aromatic rings. The number of pyridine rings is 1. The van der Waals surface area contributed by atoms with Crippen LogP contribution in [-0.2, 0) is 0 Å². The van der Waals surface area contributed by atoms with E-state index in [4.69, 9.17) is 4.74 Å². The summed E-state index contributed by atoms with van der Waals surface area (Å²) >= 11 is 0. The first-order chi connectivity index (χ1) is 15.7. The Morgan fingerprint density at radius 1 is 1.12 bits per heavy atom. The van der Waals surface area contributed by atoms with Crippen LogP contribution in [0.5, 0.6) is 5.75 Å². The second kappa shape index (κ2) is 10.1. The van der Waals surface area contributed by atoms with Gasteiger partial charge in [0.1, 0.15) is 17.8 Å². The Bertz CT molecular complexity index is 1220. The molecule has 1 aromatic carbocycles. The van der Waals surface area contributed by atoms with Crippen molar-refractivity contribution >= 4 is 35.2 Å². The number of nitrogens with one attached hydrogen (secondary N) is 3. The summed E-state index contributed by atoms with van der Waals surface area (Å²) in [6.07, 6.45) is 5.02. The fraction of sp³-hybridized carbons (Fsp3) is 0.304. The van der Waals surface area contributed by atoms with Crippen molar-refractivity contribution < 1.29 is 4.74 Å². The number of hydrogen-bond donors (Lipinski definition) is 3. The fourth-order valence-corrected chi connectivity index (χ4v) is 4.08. The highest BCUT2D eigenvalue weighted by atomic mass is 35.5. The van der Waals surface area contributed by atoms with Crippen LogP contribution in [0.15, 0.2) is 49.1 Å². The molecule has 0 bridgehead atoms. The highest BCUT2D eigenvalue weighted by Crippen LogP contribution is 2.29. The minimum absolute atomic E-state index is 0. The maximum Gasteiger partial charge on any atom is 0.206 e. The van der Waals surface area contributed by atoms with Gasteiger partial charge in [0.05, 0.1) is 24.3 Å². The number of aromatic nitrogens is 5. The molecule has 3 aromatic heterocycles. The van der Waals surface area contributed by atoms with E-state index < -0.39 is 0 Å². The van der Waals surface area contributed by atoms with Crippen molar-refractivity contribution in [2.45, 2.75) is 13.0 Å². The molecule has 0 spiro atoms. The topological polar surface area (TPSA) is 104 Å². The molecule has 10 heteroatoms. The molecule has 3 N–H and O–H groups in total. The molecule has 9 nitrogen and oxygen atoms in total. The predicted octanol–water partition coefficient (Wildman–Crippen LogP) is 3.56. The van der Waals surface area contributed by atoms with Crippen molar-refractivity contribution in [3.05, 3.63) is 54.6 Å². The van der Waals surface area contributed by atoms with Crippen LogP contribution >= 0.6 is 12.4 Å². The van der Waals surface area contributed by atoms with Crippen LogP contribution < -0.4 is 15.4 Å². The number of ether oxygens (including phenoxy) is 1. The molecule has 0 aliphatic carbocycles. The van der Waals surface area contributed by atoms with Gasteiger partial charge < -0.3 is 20.4 Å². The number of anilines is 2. The van der Waals surface area contributed by atoms with Crippen LogP contribution in [0.4, 0.5) is 11.8 Å². The third kappa shape index (κ3) is 4.90. The molecule has 33 heavy (non-hydrogen) atoms. The lowest BCUT2D eigenvalue weighted by Gasteiger charge is -2.33. The molecular formula is C23H27ClN8O. The van der Waals surface area contributed by atoms with Gasteiger partial charge in [0.25, 0.3) is 0 Å². The van der Waals surface area contributed by atoms with Gasteiger partial charge in [-0.15, -0.1) is 12.4 Å². The number of fused-ring (bicyclic) bond motifs is 1. The third-order valence-electron chi connectivity index (χ3n) is 5.87. The van der Waals surface area contributed by atoms with Gasteiger partial charge in [-0.3, -0.25) is 4.90 Å². The summed E-state index contributed by atoms with van der Waals surface area (Å²) in [5, 5.41) is 6.72. The number of methoxy groups -OCH3 is 1. The quantitative estimate of drug-likeness (QED) is 0.396. The van der Waals surface area contributed by atoms with E-state index in [1.807, 2.05) is 24.4 Å². The number of hydrogen-bond acceptors (Lipinski definition) is 8. The molecule has 4 heterocycles. The van der Waals surface area contributed by atoms with Crippen molar-refractivity contribution in [1.82, 2.24) is 35.1 Å². The fourth-order valence-electron chi connectivity index (χ4n) is 4.08. The Balaban J connectivity index is 0.00000259. The van der Waals surface area contributed by atoms with Gasteiger partial charge >= 0.3 is 0 Å². The van der Waals surface area contributed by atoms with Gasteiger partial charge in [-0.25, -0.2) is 19.9 Å². The number of nitrogens with zero attached hydrogens (tertiary/aromatic N) is 5. The monoisotopic (exact) mass is 466 g/mol. The van der Waals surface area contributed by atoms with E-state index in [-0.39, 0.29) is 12.4 Å². The smallest absolute Gasteiger partial charge is 0.206 e. The van der Waals surface area contributed by atoms with E-state index in [1.54, 1.807) is 13.3 Å². The Morgan fingerprint density at radius 2 is 1.97 bits per heavy atom. The molecule has 1 aliphatic rings. The molecule has 5 rings (SSSR count). The maximum absolute atomic E-state index is 5.39. The zero-order chi connectivity index (χ0) is 21.9. The Hall–Kier alpha value is -3.27. The van der Waals surface area contributed by atoms with E-state index in [0.717, 1.165) is 54.3 Å². The first-order valence-corrected chi connectivity index (χ1v) is 10.7. The van der Waals surface area contributed by atoms with Gasteiger partial charge in [-0.05, 0) is 36.8 Å². The van der Waals surface area contributed by atoms with Gasteiger partial charge in [0.15, 0.2) is 5.75 Å². The van der Waals surface area contributed by atoms with E-state index in [1.165, 1.54) is 11.9 Å². The van der Waals surface area contributed by atoms with Gasteiger partial charge in [0, 0.05) is 44.0 Å². The van der Waals surface area contributed by atoms with Gasteiger partial charge in [0.2, 0.25) is 5.95 Å². The summed E-state index contributed by atoms with van der Waals surface area (Å²) in [5.41, 5.74) is 4.66. The summed E-state index contributed by atoms with van der Waals surface area (Å²) in [6.45, 7) is 6.41. The zero-order valence-corrected chi connectivity index (χ0v) is 19.4. The SMILES string of the molecule is COc1cncnc1-c1ccc2nc(Nc3cc(C(C)N4CCNCC4)ccn3)[nH]c2c1.Cl. The van der Waals surface area contributed by atoms with Crippen LogP contribution in [0.2, 0.25) is 0 Å². The lowest BCUT2D eigenvalue weighted by Crippen LogP contribution is -2.44. The molecule has 1 unspecified atom stereocenters. The summed E-state index contributed by atoms with van der Waals surface area (Å²) in [4.78, 5) is 23.4. The van der Waals surface area contributed by atoms with Crippen LogP contribution in [0, 0.1) is 0 Å². The Morgan fingerprint density at radius 3 is 2.79 bits per heavy atom. The first kappa shape index (κ1) is 22.9. The number of H-pyrrole nitrogens is 1. The number of benzene rings is 1. The van der Waals surface area contributed by atoms with Crippen LogP contribution in [0.25, 0.3) is 22.3 Å². The summed E-state index contributed by atoms with van der Waals surface area (Å²) in [6, 6.07) is 10.5. The largest absolute Gasteiger partial charge is 0.493 e. The van der Waals surface area contributed by atoms with Crippen LogP contribution in [0.3, 0.4) is 0 Å². The average molecular weight is 467 g/mol. The maximum atomic E-state index is 5.39. The van der Waals surface area contributed by atoms with Crippen LogP contribution in [-0.4, -0.2) is 63.1 Å². The highest BCUT2D eigenvalue weighted by molar-refractivity contribution is 5.85. The van der Waals surface area contributed by atoms with E-state index in [2.05, 4.69) is 59.5 Å². The predicted molar refractivity (Wildman–Crippen MR) is 131 cm³/mol. The summed E-state index contributed by atoms with van der Waals surface area (Å²) in [5.74, 6) is 2.04. The van der Waals surface area contributed by atoms with E-state index in [9.17, 15) is 0 Å². The first-order valence-electron chi connectivity index (χ1n) is 10.7. The molecule has 1 aliphatic heterocycles. The zero-order valence-electron chi connectivity index (χ0n) is 18.6. The molecule has 0 amide bonds. The second-order valence-electron chi connectivity index (χ2n) is 7.82. The van der Waals surface area contributed by atoms with Gasteiger partial charge in [-0.2, -0.15) is 0 Å². The standard InChI is InChI=1S/C23H26N8O.ClH/c1-15(31-9-7-24-8-10-31)16-5-6-26-21(12-16)30-23-28-18-4-3-17(11-19(18)29-23)22-20(32-2)13-25-14-27-22;/h3-6,11-15,24H,7-10H2,1-2H3,(H2,26,28,29,30);1H. The van der Waals surface area contributed by atoms with Crippen molar-refractivity contribution in [3.8, 4) is 17.0 Å². The minimum Gasteiger partial charge on any atom is -0.493 e. The Kier molecular flexibility index (Phi) is 7.02. The van der Waals surface area contributed by atoms with E-state index >= 15 is 0 Å². The highest BCUT2D eigenvalue weighted by Gasteiger charge is 2.18.